The highest BCUT2D eigenvalue weighted by molar-refractivity contribution is 6.02. The molecule has 2 heterocycles. The van der Waals surface area contributed by atoms with Gasteiger partial charge in [0.2, 0.25) is 18.2 Å². The zero-order valence-electron chi connectivity index (χ0n) is 11.8. The molecule has 23 heavy (non-hydrogen) atoms. The van der Waals surface area contributed by atoms with Crippen LogP contribution >= 0.6 is 0 Å². The lowest BCUT2D eigenvalue weighted by Crippen LogP contribution is -2.37. The SMILES string of the molecule is COC1=NC(O)N(c2ncccn2)c2cc(C(F)(F)F)ccc21. The van der Waals surface area contributed by atoms with E-state index in [1.54, 1.807) is 6.07 Å². The van der Waals surface area contributed by atoms with Gasteiger partial charge < -0.3 is 9.84 Å². The molecule has 6 nitrogen and oxygen atoms in total. The van der Waals surface area contributed by atoms with Crippen LogP contribution in [-0.4, -0.2) is 34.4 Å². The van der Waals surface area contributed by atoms with Gasteiger partial charge in [-0.1, -0.05) is 0 Å². The van der Waals surface area contributed by atoms with Gasteiger partial charge in [0.25, 0.3) is 0 Å². The first-order valence-corrected chi connectivity index (χ1v) is 6.49. The summed E-state index contributed by atoms with van der Waals surface area (Å²) in [6.07, 6.45) is -3.19. The van der Waals surface area contributed by atoms with Crippen molar-refractivity contribution in [2.75, 3.05) is 12.0 Å². The van der Waals surface area contributed by atoms with Crippen LogP contribution in [0.3, 0.4) is 0 Å². The van der Waals surface area contributed by atoms with Crippen LogP contribution in [0, 0.1) is 0 Å². The second-order valence-corrected chi connectivity index (χ2v) is 4.63. The Balaban J connectivity index is 2.20. The molecule has 120 valence electrons. The molecule has 3 rings (SSSR count). The summed E-state index contributed by atoms with van der Waals surface area (Å²) in [5.41, 5.74) is -0.495. The Labute approximate surface area is 128 Å². The molecule has 0 aliphatic carbocycles. The van der Waals surface area contributed by atoms with Crippen molar-refractivity contribution in [3.63, 3.8) is 0 Å². The number of fused-ring (bicyclic) bond motifs is 1. The first-order valence-electron chi connectivity index (χ1n) is 6.49. The van der Waals surface area contributed by atoms with E-state index in [4.69, 9.17) is 4.74 Å². The van der Waals surface area contributed by atoms with Crippen LogP contribution < -0.4 is 4.90 Å². The number of halogens is 3. The van der Waals surface area contributed by atoms with E-state index < -0.39 is 18.1 Å². The average Bonchev–Trinajstić information content (AvgIpc) is 2.53. The van der Waals surface area contributed by atoms with Crippen molar-refractivity contribution in [3.8, 4) is 0 Å². The van der Waals surface area contributed by atoms with Gasteiger partial charge in [0.05, 0.1) is 23.9 Å². The zero-order valence-corrected chi connectivity index (χ0v) is 11.8. The lowest BCUT2D eigenvalue weighted by atomic mass is 10.1. The minimum absolute atomic E-state index is 0.0273. The molecule has 1 aromatic carbocycles. The summed E-state index contributed by atoms with van der Waals surface area (Å²) in [6.45, 7) is 0. The van der Waals surface area contributed by atoms with Crippen molar-refractivity contribution in [1.82, 2.24) is 9.97 Å². The standard InChI is InChI=1S/C14H11F3N4O2/c1-23-11-9-4-3-8(14(15,16)17)7-10(9)21(13(22)20-11)12-18-5-2-6-19-12/h2-7,13,22H,1H3. The largest absolute Gasteiger partial charge is 0.481 e. The molecule has 0 saturated heterocycles. The summed E-state index contributed by atoms with van der Waals surface area (Å²) < 4.78 is 44.0. The van der Waals surface area contributed by atoms with E-state index in [1.165, 1.54) is 25.6 Å². The lowest BCUT2D eigenvalue weighted by molar-refractivity contribution is -0.137. The van der Waals surface area contributed by atoms with Crippen LogP contribution in [0.15, 0.2) is 41.7 Å². The normalized spacial score (nSPS) is 17.5. The lowest BCUT2D eigenvalue weighted by Gasteiger charge is -2.31. The number of aliphatic imine (C=N–C) groups is 1. The van der Waals surface area contributed by atoms with Crippen molar-refractivity contribution in [2.24, 2.45) is 4.99 Å². The average molecular weight is 324 g/mol. The first-order chi connectivity index (χ1) is 10.9. The van der Waals surface area contributed by atoms with Crippen LogP contribution in [-0.2, 0) is 10.9 Å². The molecule has 0 saturated carbocycles. The van der Waals surface area contributed by atoms with Gasteiger partial charge in [-0.25, -0.2) is 9.97 Å². The molecule has 1 aromatic heterocycles. The Hall–Kier alpha value is -2.68. The van der Waals surface area contributed by atoms with Crippen LogP contribution in [0.2, 0.25) is 0 Å². The molecular weight excluding hydrogens is 313 g/mol. The fourth-order valence-corrected chi connectivity index (χ4v) is 2.23. The number of aliphatic hydroxyl groups excluding tert-OH is 1. The van der Waals surface area contributed by atoms with Gasteiger partial charge in [-0.05, 0) is 24.3 Å². The van der Waals surface area contributed by atoms with E-state index in [9.17, 15) is 18.3 Å². The number of hydrogen-bond acceptors (Lipinski definition) is 6. The number of ether oxygens (including phenoxy) is 1. The molecule has 0 fully saturated rings. The fourth-order valence-electron chi connectivity index (χ4n) is 2.23. The quantitative estimate of drug-likeness (QED) is 0.872. The van der Waals surface area contributed by atoms with Crippen molar-refractivity contribution in [1.29, 1.82) is 0 Å². The van der Waals surface area contributed by atoms with Crippen molar-refractivity contribution < 1.29 is 23.0 Å². The molecule has 1 unspecified atom stereocenters. The Morgan fingerprint density at radius 3 is 2.52 bits per heavy atom. The van der Waals surface area contributed by atoms with E-state index >= 15 is 0 Å². The summed E-state index contributed by atoms with van der Waals surface area (Å²) >= 11 is 0. The number of anilines is 2. The Morgan fingerprint density at radius 1 is 1.22 bits per heavy atom. The van der Waals surface area contributed by atoms with Crippen molar-refractivity contribution in [2.45, 2.75) is 12.5 Å². The van der Waals surface area contributed by atoms with Gasteiger partial charge >= 0.3 is 6.18 Å². The van der Waals surface area contributed by atoms with Crippen molar-refractivity contribution in [3.05, 3.63) is 47.8 Å². The third-order valence-electron chi connectivity index (χ3n) is 3.24. The third-order valence-corrected chi connectivity index (χ3v) is 3.24. The summed E-state index contributed by atoms with van der Waals surface area (Å²) in [6, 6.07) is 4.62. The number of hydrogen-bond donors (Lipinski definition) is 1. The molecular formula is C14H11F3N4O2. The molecule has 1 aliphatic rings. The fraction of sp³-hybridized carbons (Fsp3) is 0.214. The van der Waals surface area contributed by atoms with Crippen molar-refractivity contribution >= 4 is 17.5 Å². The van der Waals surface area contributed by atoms with Gasteiger partial charge in [0.1, 0.15) is 0 Å². The molecule has 1 N–H and O–H groups in total. The van der Waals surface area contributed by atoms with Gasteiger partial charge in [-0.3, -0.25) is 4.90 Å². The molecule has 0 bridgehead atoms. The number of nitrogens with zero attached hydrogens (tertiary/aromatic N) is 4. The van der Waals surface area contributed by atoms with Gasteiger partial charge in [-0.2, -0.15) is 18.2 Å². The molecule has 0 amide bonds. The predicted molar refractivity (Wildman–Crippen MR) is 75.2 cm³/mol. The number of benzene rings is 1. The minimum atomic E-state index is -4.52. The smallest absolute Gasteiger partial charge is 0.416 e. The van der Waals surface area contributed by atoms with Crippen LogP contribution in [0.25, 0.3) is 0 Å². The summed E-state index contributed by atoms with van der Waals surface area (Å²) in [4.78, 5) is 12.9. The molecule has 1 aliphatic heterocycles. The summed E-state index contributed by atoms with van der Waals surface area (Å²) in [7, 11) is 1.32. The maximum Gasteiger partial charge on any atom is 0.416 e. The zero-order chi connectivity index (χ0) is 16.6. The van der Waals surface area contributed by atoms with Gasteiger partial charge in [0, 0.05) is 12.4 Å². The third kappa shape index (κ3) is 2.70. The summed E-state index contributed by atoms with van der Waals surface area (Å²) in [5, 5.41) is 10.2. The van der Waals surface area contributed by atoms with Gasteiger partial charge in [-0.15, -0.1) is 0 Å². The van der Waals surface area contributed by atoms with E-state index in [0.717, 1.165) is 17.0 Å². The Bertz CT molecular complexity index is 749. The Morgan fingerprint density at radius 2 is 1.91 bits per heavy atom. The molecule has 9 heteroatoms. The van der Waals surface area contributed by atoms with E-state index in [2.05, 4.69) is 15.0 Å². The van der Waals surface area contributed by atoms with Crippen LogP contribution in [0.5, 0.6) is 0 Å². The summed E-state index contributed by atoms with van der Waals surface area (Å²) in [5.74, 6) is 0.0629. The van der Waals surface area contributed by atoms with E-state index in [1.807, 2.05) is 0 Å². The highest BCUT2D eigenvalue weighted by Gasteiger charge is 2.35. The second-order valence-electron chi connectivity index (χ2n) is 4.63. The number of methoxy groups -OCH3 is 1. The van der Waals surface area contributed by atoms with Crippen LogP contribution in [0.4, 0.5) is 24.8 Å². The number of aromatic nitrogens is 2. The van der Waals surface area contributed by atoms with E-state index in [0.29, 0.717) is 5.56 Å². The Kier molecular flexibility index (Phi) is 3.64. The molecule has 1 atom stereocenters. The number of alkyl halides is 3. The monoisotopic (exact) mass is 324 g/mol. The number of aliphatic hydroxyl groups is 1. The molecule has 0 spiro atoms. The van der Waals surface area contributed by atoms with Gasteiger partial charge in [0.15, 0.2) is 0 Å². The number of rotatable bonds is 1. The van der Waals surface area contributed by atoms with Crippen LogP contribution in [0.1, 0.15) is 11.1 Å². The second kappa shape index (κ2) is 5.51. The minimum Gasteiger partial charge on any atom is -0.481 e. The first kappa shape index (κ1) is 15.2. The maximum atomic E-state index is 13.0. The maximum absolute atomic E-state index is 13.0. The van der Waals surface area contributed by atoms with E-state index in [-0.39, 0.29) is 17.5 Å². The highest BCUT2D eigenvalue weighted by atomic mass is 19.4. The highest BCUT2D eigenvalue weighted by Crippen LogP contribution is 2.38. The predicted octanol–water partition coefficient (Wildman–Crippen LogP) is 2.32. The molecule has 2 aromatic rings. The topological polar surface area (TPSA) is 70.8 Å². The molecule has 0 radical (unpaired) electrons.